The highest BCUT2D eigenvalue weighted by Gasteiger charge is 2.11. The molecule has 0 radical (unpaired) electrons. The molecule has 0 saturated carbocycles. The molecule has 1 amide bonds. The van der Waals surface area contributed by atoms with Crippen LogP contribution in [0.25, 0.3) is 0 Å². The summed E-state index contributed by atoms with van der Waals surface area (Å²) in [5, 5.41) is 12.0. The van der Waals surface area contributed by atoms with E-state index in [9.17, 15) is 4.79 Å². The molecule has 0 aliphatic heterocycles. The van der Waals surface area contributed by atoms with Crippen molar-refractivity contribution in [3.05, 3.63) is 23.8 Å². The minimum atomic E-state index is 0.100. The number of carbonyl (C=O) groups is 1. The quantitative estimate of drug-likeness (QED) is 0.276. The van der Waals surface area contributed by atoms with E-state index in [4.69, 9.17) is 19.3 Å². The lowest BCUT2D eigenvalue weighted by molar-refractivity contribution is -0.124. The molecule has 1 aromatic carbocycles. The minimum Gasteiger partial charge on any atom is -0.490 e. The molecule has 6 nitrogen and oxygen atoms in total. The third-order valence-corrected chi connectivity index (χ3v) is 5.45. The van der Waals surface area contributed by atoms with Crippen LogP contribution < -0.4 is 14.8 Å². The summed E-state index contributed by atoms with van der Waals surface area (Å²) in [6.45, 7) is 6.79. The van der Waals surface area contributed by atoms with E-state index in [1.807, 2.05) is 13.0 Å². The lowest BCUT2D eigenvalue weighted by atomic mass is 10.00. The highest BCUT2D eigenvalue weighted by atomic mass is 16.5. The molecule has 2 N–H and O–H groups in total. The Hall–Kier alpha value is -1.79. The van der Waals surface area contributed by atoms with Gasteiger partial charge in [0.2, 0.25) is 5.91 Å². The van der Waals surface area contributed by atoms with Crippen LogP contribution in [-0.2, 0) is 16.0 Å². The van der Waals surface area contributed by atoms with Gasteiger partial charge in [0.25, 0.3) is 0 Å². The molecule has 0 aliphatic rings. The average molecular weight is 452 g/mol. The van der Waals surface area contributed by atoms with E-state index in [0.717, 1.165) is 75.8 Å². The molecule has 0 heterocycles. The summed E-state index contributed by atoms with van der Waals surface area (Å²) in [5.74, 6) is 1.78. The number of aryl methyl sites for hydroxylation is 1. The molecule has 0 bridgehead atoms. The number of aliphatic hydroxyl groups is 1. The van der Waals surface area contributed by atoms with Gasteiger partial charge in [-0.15, -0.1) is 0 Å². The Kier molecular flexibility index (Phi) is 16.5. The number of hydrogen-bond acceptors (Lipinski definition) is 5. The second-order valence-corrected chi connectivity index (χ2v) is 8.40. The van der Waals surface area contributed by atoms with Crippen LogP contribution in [0.15, 0.2) is 18.2 Å². The molecule has 0 saturated heterocycles. The van der Waals surface area contributed by atoms with E-state index >= 15 is 0 Å². The summed E-state index contributed by atoms with van der Waals surface area (Å²) in [6, 6.07) is 6.14. The van der Waals surface area contributed by atoms with Crippen LogP contribution in [-0.4, -0.2) is 51.1 Å². The van der Waals surface area contributed by atoms with Gasteiger partial charge in [-0.25, -0.2) is 0 Å². The van der Waals surface area contributed by atoms with Crippen molar-refractivity contribution in [2.45, 2.75) is 78.1 Å². The Morgan fingerprint density at radius 3 is 2.47 bits per heavy atom. The van der Waals surface area contributed by atoms with Gasteiger partial charge in [0.15, 0.2) is 11.5 Å². The largest absolute Gasteiger partial charge is 0.490 e. The molecule has 32 heavy (non-hydrogen) atoms. The molecule has 0 aromatic heterocycles. The Bertz CT molecular complexity index is 608. The Morgan fingerprint density at radius 1 is 0.969 bits per heavy atom. The van der Waals surface area contributed by atoms with Crippen LogP contribution in [0.3, 0.4) is 0 Å². The molecule has 0 aliphatic carbocycles. The van der Waals surface area contributed by atoms with Crippen molar-refractivity contribution in [1.29, 1.82) is 0 Å². The second kappa shape index (κ2) is 18.8. The maximum absolute atomic E-state index is 12.0. The number of methoxy groups -OCH3 is 1. The van der Waals surface area contributed by atoms with Gasteiger partial charge in [0.05, 0.1) is 13.2 Å². The van der Waals surface area contributed by atoms with Crippen molar-refractivity contribution in [2.24, 2.45) is 5.92 Å². The lowest BCUT2D eigenvalue weighted by Gasteiger charge is -2.14. The molecule has 1 atom stereocenters. The van der Waals surface area contributed by atoms with Crippen molar-refractivity contribution in [3.8, 4) is 11.5 Å². The zero-order valence-corrected chi connectivity index (χ0v) is 20.5. The van der Waals surface area contributed by atoms with Gasteiger partial charge >= 0.3 is 0 Å². The molecule has 1 rings (SSSR count). The highest BCUT2D eigenvalue weighted by molar-refractivity contribution is 5.78. The maximum Gasteiger partial charge on any atom is 0.222 e. The Balaban J connectivity index is 2.36. The number of aliphatic hydroxyl groups excluding tert-OH is 1. The van der Waals surface area contributed by atoms with E-state index in [1.54, 1.807) is 7.11 Å². The van der Waals surface area contributed by atoms with Crippen molar-refractivity contribution < 1.29 is 24.1 Å². The normalized spacial score (nSPS) is 11.9. The number of benzene rings is 1. The third-order valence-electron chi connectivity index (χ3n) is 5.45. The van der Waals surface area contributed by atoms with Crippen molar-refractivity contribution in [2.75, 3.05) is 40.1 Å². The summed E-state index contributed by atoms with van der Waals surface area (Å²) < 4.78 is 16.8. The van der Waals surface area contributed by atoms with Crippen molar-refractivity contribution in [1.82, 2.24) is 5.32 Å². The van der Waals surface area contributed by atoms with Gasteiger partial charge in [-0.05, 0) is 43.4 Å². The highest BCUT2D eigenvalue weighted by Crippen LogP contribution is 2.29. The maximum atomic E-state index is 12.0. The fourth-order valence-corrected chi connectivity index (χ4v) is 3.40. The predicted molar refractivity (Wildman–Crippen MR) is 129 cm³/mol. The van der Waals surface area contributed by atoms with E-state index in [2.05, 4.69) is 24.4 Å². The standard InChI is InChI=1S/C26H45NO5/c1-4-5-16-27-26(29)22(2)12-8-6-7-9-13-23-14-15-24(31-19-10-17-28)25(21-23)32-20-11-18-30-3/h14-15,21-22,28H,4-13,16-20H2,1-3H3,(H,27,29)/t22-/m1/s1. The zero-order chi connectivity index (χ0) is 23.4. The molecule has 184 valence electrons. The fourth-order valence-electron chi connectivity index (χ4n) is 3.40. The van der Waals surface area contributed by atoms with E-state index in [1.165, 1.54) is 5.56 Å². The lowest BCUT2D eigenvalue weighted by Crippen LogP contribution is -2.29. The molecule has 0 fully saturated rings. The second-order valence-electron chi connectivity index (χ2n) is 8.40. The molecular formula is C26H45NO5. The average Bonchev–Trinajstić information content (AvgIpc) is 2.80. The summed E-state index contributed by atoms with van der Waals surface area (Å²) in [7, 11) is 1.69. The monoisotopic (exact) mass is 451 g/mol. The Morgan fingerprint density at radius 2 is 1.72 bits per heavy atom. The minimum absolute atomic E-state index is 0.100. The van der Waals surface area contributed by atoms with Gasteiger partial charge in [-0.2, -0.15) is 0 Å². The zero-order valence-electron chi connectivity index (χ0n) is 20.5. The molecular weight excluding hydrogens is 406 g/mol. The van der Waals surface area contributed by atoms with Crippen molar-refractivity contribution in [3.63, 3.8) is 0 Å². The van der Waals surface area contributed by atoms with Crippen LogP contribution in [0.4, 0.5) is 0 Å². The van der Waals surface area contributed by atoms with Gasteiger partial charge < -0.3 is 24.6 Å². The van der Waals surface area contributed by atoms with Crippen LogP contribution in [0.5, 0.6) is 11.5 Å². The van der Waals surface area contributed by atoms with E-state index in [-0.39, 0.29) is 18.4 Å². The van der Waals surface area contributed by atoms with E-state index in [0.29, 0.717) is 26.2 Å². The molecule has 6 heteroatoms. The number of rotatable bonds is 20. The first-order chi connectivity index (χ1) is 15.6. The summed E-state index contributed by atoms with van der Waals surface area (Å²) in [4.78, 5) is 12.0. The molecule has 0 spiro atoms. The molecule has 0 unspecified atom stereocenters. The third kappa shape index (κ3) is 12.9. The number of hydrogen-bond donors (Lipinski definition) is 2. The summed E-state index contributed by atoms with van der Waals surface area (Å²) in [5.41, 5.74) is 1.24. The van der Waals surface area contributed by atoms with Gasteiger partial charge in [0.1, 0.15) is 0 Å². The number of unbranched alkanes of at least 4 members (excludes halogenated alkanes) is 4. The first-order valence-corrected chi connectivity index (χ1v) is 12.4. The van der Waals surface area contributed by atoms with Crippen LogP contribution in [0, 0.1) is 5.92 Å². The molecule has 1 aromatic rings. The van der Waals surface area contributed by atoms with Gasteiger partial charge in [0, 0.05) is 45.6 Å². The smallest absolute Gasteiger partial charge is 0.222 e. The summed E-state index contributed by atoms with van der Waals surface area (Å²) >= 11 is 0. The fraction of sp³-hybridized carbons (Fsp3) is 0.731. The number of nitrogens with one attached hydrogen (secondary N) is 1. The topological polar surface area (TPSA) is 77.0 Å². The Labute approximate surface area is 195 Å². The number of carbonyl (C=O) groups excluding carboxylic acids is 1. The van der Waals surface area contributed by atoms with Crippen LogP contribution >= 0.6 is 0 Å². The number of amides is 1. The first kappa shape index (κ1) is 28.2. The first-order valence-electron chi connectivity index (χ1n) is 12.4. The van der Waals surface area contributed by atoms with Gasteiger partial charge in [-0.3, -0.25) is 4.79 Å². The summed E-state index contributed by atoms with van der Waals surface area (Å²) in [6.07, 6.45) is 10.0. The van der Waals surface area contributed by atoms with Gasteiger partial charge in [-0.1, -0.05) is 45.6 Å². The van der Waals surface area contributed by atoms with E-state index < -0.39 is 0 Å². The number of ether oxygens (including phenoxy) is 3. The van der Waals surface area contributed by atoms with Crippen LogP contribution in [0.1, 0.15) is 77.2 Å². The predicted octanol–water partition coefficient (Wildman–Crippen LogP) is 4.91. The van der Waals surface area contributed by atoms with Crippen LogP contribution in [0.2, 0.25) is 0 Å². The SMILES string of the molecule is CCCCNC(=O)[C@H](C)CCCCCCc1ccc(OCCCO)c(OCCCOC)c1. The van der Waals surface area contributed by atoms with Crippen molar-refractivity contribution >= 4 is 5.91 Å².